The van der Waals surface area contributed by atoms with Crippen LogP contribution in [0.1, 0.15) is 33.6 Å². The van der Waals surface area contributed by atoms with Gasteiger partial charge in [-0.05, 0) is 39.3 Å². The molecule has 3 rings (SSSR count). The Hall–Kier alpha value is -2.97. The van der Waals surface area contributed by atoms with E-state index in [0.717, 1.165) is 6.42 Å². The molecule has 2 heterocycles. The Morgan fingerprint density at radius 1 is 1.34 bits per heavy atom. The summed E-state index contributed by atoms with van der Waals surface area (Å²) in [6, 6.07) is 4.28. The van der Waals surface area contributed by atoms with Gasteiger partial charge in [0.1, 0.15) is 36.4 Å². The third-order valence-electron chi connectivity index (χ3n) is 4.55. The lowest BCUT2D eigenvalue weighted by Gasteiger charge is -2.24. The number of ether oxygens (including phenoxy) is 3. The molecule has 0 aromatic heterocycles. The van der Waals surface area contributed by atoms with Gasteiger partial charge in [0.05, 0.1) is 11.7 Å². The lowest BCUT2D eigenvalue weighted by molar-refractivity contribution is -0.121. The van der Waals surface area contributed by atoms with Crippen molar-refractivity contribution in [3.05, 3.63) is 18.2 Å². The molecule has 2 aliphatic rings. The van der Waals surface area contributed by atoms with E-state index in [4.69, 9.17) is 14.2 Å². The number of nitrogens with zero attached hydrogens (tertiary/aromatic N) is 1. The minimum absolute atomic E-state index is 0.0102. The molecule has 3 amide bonds. The first-order valence-corrected chi connectivity index (χ1v) is 9.58. The van der Waals surface area contributed by atoms with Crippen molar-refractivity contribution >= 4 is 23.6 Å². The fraction of sp³-hybridized carbons (Fsp3) is 0.550. The molecule has 0 aliphatic carbocycles. The average molecular weight is 405 g/mol. The number of amides is 3. The second-order valence-electron chi connectivity index (χ2n) is 8.15. The van der Waals surface area contributed by atoms with Crippen molar-refractivity contribution in [2.24, 2.45) is 0 Å². The van der Waals surface area contributed by atoms with Crippen molar-refractivity contribution in [2.45, 2.75) is 51.3 Å². The SMILES string of the molecule is CN1C(=O)[C@@H](NC(=O)OC(C)(C)C)COc2ccc(OCC3CCC(=O)N3)cc21. The number of likely N-dealkylation sites (N-methyl/N-ethyl adjacent to an activating group) is 1. The van der Waals surface area contributed by atoms with Crippen LogP contribution >= 0.6 is 0 Å². The number of carbonyl (C=O) groups excluding carboxylic acids is 3. The maximum Gasteiger partial charge on any atom is 0.408 e. The summed E-state index contributed by atoms with van der Waals surface area (Å²) in [5.41, 5.74) is -0.130. The summed E-state index contributed by atoms with van der Waals surface area (Å²) in [5, 5.41) is 5.41. The van der Waals surface area contributed by atoms with Gasteiger partial charge < -0.3 is 29.7 Å². The van der Waals surface area contributed by atoms with Gasteiger partial charge in [0, 0.05) is 19.5 Å². The highest BCUT2D eigenvalue weighted by Gasteiger charge is 2.32. The molecule has 1 aromatic rings. The van der Waals surface area contributed by atoms with E-state index in [1.165, 1.54) is 4.90 Å². The number of carbonyl (C=O) groups is 3. The summed E-state index contributed by atoms with van der Waals surface area (Å²) < 4.78 is 16.7. The Morgan fingerprint density at radius 3 is 2.76 bits per heavy atom. The largest absolute Gasteiger partial charge is 0.491 e. The summed E-state index contributed by atoms with van der Waals surface area (Å²) >= 11 is 0. The third-order valence-corrected chi connectivity index (χ3v) is 4.55. The molecule has 2 aliphatic heterocycles. The van der Waals surface area contributed by atoms with Crippen molar-refractivity contribution in [3.63, 3.8) is 0 Å². The minimum Gasteiger partial charge on any atom is -0.491 e. The van der Waals surface area contributed by atoms with E-state index in [9.17, 15) is 14.4 Å². The summed E-state index contributed by atoms with van der Waals surface area (Å²) in [6.07, 6.45) is 0.569. The number of hydrogen-bond acceptors (Lipinski definition) is 6. The van der Waals surface area contributed by atoms with Crippen molar-refractivity contribution in [3.8, 4) is 11.5 Å². The van der Waals surface area contributed by atoms with Crippen LogP contribution in [0.15, 0.2) is 18.2 Å². The molecule has 0 spiro atoms. The molecule has 29 heavy (non-hydrogen) atoms. The quantitative estimate of drug-likeness (QED) is 0.788. The van der Waals surface area contributed by atoms with Gasteiger partial charge in [-0.1, -0.05) is 0 Å². The van der Waals surface area contributed by atoms with Gasteiger partial charge in [-0.25, -0.2) is 4.79 Å². The lowest BCUT2D eigenvalue weighted by Crippen LogP contribution is -2.50. The van der Waals surface area contributed by atoms with Crippen LogP contribution in [-0.4, -0.2) is 55.9 Å². The van der Waals surface area contributed by atoms with Gasteiger partial charge in [0.2, 0.25) is 5.91 Å². The molecular formula is C20H27N3O6. The molecule has 9 heteroatoms. The van der Waals surface area contributed by atoms with Gasteiger partial charge in [0.25, 0.3) is 5.91 Å². The zero-order chi connectivity index (χ0) is 21.2. The highest BCUT2D eigenvalue weighted by atomic mass is 16.6. The van der Waals surface area contributed by atoms with E-state index in [0.29, 0.717) is 30.2 Å². The number of rotatable bonds is 4. The van der Waals surface area contributed by atoms with E-state index in [1.807, 2.05) is 0 Å². The number of fused-ring (bicyclic) bond motifs is 1. The van der Waals surface area contributed by atoms with Crippen LogP contribution in [-0.2, 0) is 14.3 Å². The molecule has 158 valence electrons. The summed E-state index contributed by atoms with van der Waals surface area (Å²) in [7, 11) is 1.61. The number of anilines is 1. The smallest absolute Gasteiger partial charge is 0.408 e. The van der Waals surface area contributed by atoms with E-state index < -0.39 is 17.7 Å². The third kappa shape index (κ3) is 5.30. The molecule has 2 N–H and O–H groups in total. The minimum atomic E-state index is -0.875. The Labute approximate surface area is 169 Å². The van der Waals surface area contributed by atoms with E-state index in [2.05, 4.69) is 10.6 Å². The van der Waals surface area contributed by atoms with Crippen LogP contribution in [0.5, 0.6) is 11.5 Å². The Balaban J connectivity index is 1.66. The van der Waals surface area contributed by atoms with Crippen LogP contribution in [0.4, 0.5) is 10.5 Å². The van der Waals surface area contributed by atoms with E-state index in [-0.39, 0.29) is 24.5 Å². The first kappa shape index (κ1) is 20.8. The molecule has 1 aromatic carbocycles. The fourth-order valence-corrected chi connectivity index (χ4v) is 3.12. The Morgan fingerprint density at radius 2 is 2.10 bits per heavy atom. The van der Waals surface area contributed by atoms with E-state index >= 15 is 0 Å². The van der Waals surface area contributed by atoms with Gasteiger partial charge >= 0.3 is 6.09 Å². The van der Waals surface area contributed by atoms with Crippen molar-refractivity contribution in [1.29, 1.82) is 0 Å². The average Bonchev–Trinajstić information content (AvgIpc) is 3.01. The topological polar surface area (TPSA) is 106 Å². The number of hydrogen-bond donors (Lipinski definition) is 2. The van der Waals surface area contributed by atoms with Gasteiger partial charge in [0.15, 0.2) is 0 Å². The maximum absolute atomic E-state index is 12.8. The van der Waals surface area contributed by atoms with Crippen molar-refractivity contribution in [1.82, 2.24) is 10.6 Å². The fourth-order valence-electron chi connectivity index (χ4n) is 3.12. The van der Waals surface area contributed by atoms with Crippen LogP contribution in [0.2, 0.25) is 0 Å². The molecule has 0 bridgehead atoms. The second kappa shape index (κ2) is 8.18. The zero-order valence-electron chi connectivity index (χ0n) is 17.1. The van der Waals surface area contributed by atoms with Gasteiger partial charge in [-0.2, -0.15) is 0 Å². The predicted molar refractivity (Wildman–Crippen MR) is 105 cm³/mol. The van der Waals surface area contributed by atoms with Crippen LogP contribution in [0.3, 0.4) is 0 Å². The second-order valence-corrected chi connectivity index (χ2v) is 8.15. The molecule has 1 saturated heterocycles. The van der Waals surface area contributed by atoms with Crippen molar-refractivity contribution in [2.75, 3.05) is 25.2 Å². The molecule has 0 radical (unpaired) electrons. The number of benzene rings is 1. The van der Waals surface area contributed by atoms with Gasteiger partial charge in [-0.15, -0.1) is 0 Å². The van der Waals surface area contributed by atoms with Crippen molar-refractivity contribution < 1.29 is 28.6 Å². The first-order chi connectivity index (χ1) is 13.6. The normalized spacial score (nSPS) is 21.6. The summed E-state index contributed by atoms with van der Waals surface area (Å²) in [6.45, 7) is 5.59. The molecule has 1 fully saturated rings. The Kier molecular flexibility index (Phi) is 5.86. The van der Waals surface area contributed by atoms with Crippen LogP contribution in [0.25, 0.3) is 0 Å². The molecule has 2 atom stereocenters. The summed E-state index contributed by atoms with van der Waals surface area (Å²) in [4.78, 5) is 37.6. The number of nitrogens with one attached hydrogen (secondary N) is 2. The number of alkyl carbamates (subject to hydrolysis) is 1. The molecule has 1 unspecified atom stereocenters. The van der Waals surface area contributed by atoms with Crippen LogP contribution < -0.4 is 25.0 Å². The highest BCUT2D eigenvalue weighted by Crippen LogP contribution is 2.34. The first-order valence-electron chi connectivity index (χ1n) is 9.58. The molecule has 0 saturated carbocycles. The van der Waals surface area contributed by atoms with Crippen LogP contribution in [0, 0.1) is 0 Å². The van der Waals surface area contributed by atoms with Gasteiger partial charge in [-0.3, -0.25) is 9.59 Å². The highest BCUT2D eigenvalue weighted by molar-refractivity contribution is 6.00. The standard InChI is InChI=1S/C20H27N3O6/c1-20(2,3)29-19(26)22-14-11-28-16-7-6-13(9-15(16)23(4)18(14)25)27-10-12-5-8-17(24)21-12/h6-7,9,12,14H,5,8,10-11H2,1-4H3,(H,21,24)(H,22,26)/t12?,14-/m0/s1. The molecular weight excluding hydrogens is 378 g/mol. The Bertz CT molecular complexity index is 804. The lowest BCUT2D eigenvalue weighted by atomic mass is 10.2. The zero-order valence-corrected chi connectivity index (χ0v) is 17.1. The molecule has 9 nitrogen and oxygen atoms in total. The predicted octanol–water partition coefficient (Wildman–Crippen LogP) is 1.59. The summed E-state index contributed by atoms with van der Waals surface area (Å²) in [5.74, 6) is 0.778. The maximum atomic E-state index is 12.8. The van der Waals surface area contributed by atoms with E-state index in [1.54, 1.807) is 46.0 Å². The monoisotopic (exact) mass is 405 g/mol.